The van der Waals surface area contributed by atoms with Crippen LogP contribution in [0.15, 0.2) is 54.9 Å². The van der Waals surface area contributed by atoms with Crippen LogP contribution in [0.3, 0.4) is 0 Å². The fraction of sp³-hybridized carbons (Fsp3) is 0.111. The molecule has 0 spiro atoms. The van der Waals surface area contributed by atoms with Crippen LogP contribution in [0.4, 0.5) is 5.69 Å². The molecule has 0 aliphatic carbocycles. The molecule has 0 radical (unpaired) electrons. The maximum absolute atomic E-state index is 12.4. The fourth-order valence-electron chi connectivity index (χ4n) is 2.60. The number of aromatic nitrogens is 2. The lowest BCUT2D eigenvalue weighted by atomic mass is 10.1. The topological polar surface area (TPSA) is 90.1 Å². The van der Waals surface area contributed by atoms with Crippen molar-refractivity contribution in [3.8, 4) is 5.69 Å². The minimum atomic E-state index is -0.615. The minimum Gasteiger partial charge on any atom is -0.348 e. The Labute approximate surface area is 154 Å². The second-order valence-corrected chi connectivity index (χ2v) is 5.99. The van der Waals surface area contributed by atoms with Crippen molar-refractivity contribution in [2.24, 2.45) is 0 Å². The number of carbonyl (C=O) groups is 1. The molecule has 0 fully saturated rings. The quantitative estimate of drug-likeness (QED) is 0.548. The van der Waals surface area contributed by atoms with E-state index in [0.717, 1.165) is 17.1 Å². The van der Waals surface area contributed by atoms with E-state index in [1.165, 1.54) is 18.2 Å². The average molecular weight is 371 g/mol. The van der Waals surface area contributed by atoms with E-state index < -0.39 is 10.8 Å². The van der Waals surface area contributed by atoms with Gasteiger partial charge >= 0.3 is 0 Å². The number of rotatable bonds is 5. The first-order valence-corrected chi connectivity index (χ1v) is 8.15. The van der Waals surface area contributed by atoms with Crippen LogP contribution in [0.5, 0.6) is 0 Å². The molecular formula is C18H15ClN4O3. The highest BCUT2D eigenvalue weighted by Crippen LogP contribution is 2.25. The van der Waals surface area contributed by atoms with Gasteiger partial charge in [-0.15, -0.1) is 0 Å². The molecule has 0 saturated heterocycles. The summed E-state index contributed by atoms with van der Waals surface area (Å²) >= 11 is 5.78. The Kier molecular flexibility index (Phi) is 4.99. The second-order valence-electron chi connectivity index (χ2n) is 5.58. The third-order valence-corrected chi connectivity index (χ3v) is 4.24. The Morgan fingerprint density at radius 2 is 2.08 bits per heavy atom. The number of imidazole rings is 1. The maximum atomic E-state index is 12.4. The first-order valence-electron chi connectivity index (χ1n) is 7.77. The molecule has 0 saturated carbocycles. The molecule has 1 N–H and O–H groups in total. The number of nitro benzene ring substituents is 1. The van der Waals surface area contributed by atoms with Crippen molar-refractivity contribution in [1.82, 2.24) is 14.9 Å². The molecule has 0 aliphatic rings. The number of nitrogens with one attached hydrogen (secondary N) is 1. The first-order chi connectivity index (χ1) is 12.5. The summed E-state index contributed by atoms with van der Waals surface area (Å²) in [5.41, 5.74) is 1.68. The summed E-state index contributed by atoms with van der Waals surface area (Å²) in [5, 5.41) is 13.7. The lowest BCUT2D eigenvalue weighted by molar-refractivity contribution is -0.384. The highest BCUT2D eigenvalue weighted by molar-refractivity contribution is 6.32. The minimum absolute atomic E-state index is 0.00696. The highest BCUT2D eigenvalue weighted by atomic mass is 35.5. The molecule has 0 atom stereocenters. The van der Waals surface area contributed by atoms with Crippen LogP contribution < -0.4 is 5.32 Å². The van der Waals surface area contributed by atoms with E-state index in [9.17, 15) is 14.9 Å². The zero-order valence-corrected chi connectivity index (χ0v) is 14.6. The summed E-state index contributed by atoms with van der Waals surface area (Å²) < 4.78 is 1.93. The SMILES string of the molecule is Cc1nccn1-c1ccccc1CNC(=O)c1ccc(Cl)c([N+](=O)[O-])c1. The fourth-order valence-corrected chi connectivity index (χ4v) is 2.79. The van der Waals surface area contributed by atoms with E-state index >= 15 is 0 Å². The molecule has 1 amide bonds. The predicted octanol–water partition coefficient (Wildman–Crippen LogP) is 3.67. The van der Waals surface area contributed by atoms with Crippen molar-refractivity contribution in [2.45, 2.75) is 13.5 Å². The van der Waals surface area contributed by atoms with Gasteiger partial charge in [-0.3, -0.25) is 14.9 Å². The second kappa shape index (κ2) is 7.37. The summed E-state index contributed by atoms with van der Waals surface area (Å²) in [6, 6.07) is 11.6. The van der Waals surface area contributed by atoms with Crippen LogP contribution in [0.1, 0.15) is 21.7 Å². The van der Waals surface area contributed by atoms with E-state index in [0.29, 0.717) is 0 Å². The molecule has 0 unspecified atom stereocenters. The zero-order valence-electron chi connectivity index (χ0n) is 13.8. The van der Waals surface area contributed by atoms with E-state index in [1.54, 1.807) is 6.20 Å². The molecule has 7 nitrogen and oxygen atoms in total. The van der Waals surface area contributed by atoms with Gasteiger partial charge in [0.2, 0.25) is 0 Å². The number of hydrogen-bond acceptors (Lipinski definition) is 4. The lowest BCUT2D eigenvalue weighted by Crippen LogP contribution is -2.23. The monoisotopic (exact) mass is 370 g/mol. The largest absolute Gasteiger partial charge is 0.348 e. The summed E-state index contributed by atoms with van der Waals surface area (Å²) in [7, 11) is 0. The molecule has 0 bridgehead atoms. The molecule has 26 heavy (non-hydrogen) atoms. The molecular weight excluding hydrogens is 356 g/mol. The number of carbonyl (C=O) groups excluding carboxylic acids is 1. The van der Waals surface area contributed by atoms with Gasteiger partial charge in [0.1, 0.15) is 10.8 Å². The van der Waals surface area contributed by atoms with E-state index in [4.69, 9.17) is 11.6 Å². The van der Waals surface area contributed by atoms with Gasteiger partial charge in [-0.25, -0.2) is 4.98 Å². The van der Waals surface area contributed by atoms with Crippen LogP contribution >= 0.6 is 11.6 Å². The molecule has 2 aromatic carbocycles. The summed E-state index contributed by atoms with van der Waals surface area (Å²) in [6.45, 7) is 2.16. The van der Waals surface area contributed by atoms with Crippen molar-refractivity contribution in [3.63, 3.8) is 0 Å². The van der Waals surface area contributed by atoms with Crippen LogP contribution in [0.25, 0.3) is 5.69 Å². The van der Waals surface area contributed by atoms with Gasteiger partial charge in [0.25, 0.3) is 11.6 Å². The van der Waals surface area contributed by atoms with E-state index in [2.05, 4.69) is 10.3 Å². The Morgan fingerprint density at radius 3 is 2.77 bits per heavy atom. The Balaban J connectivity index is 1.80. The number of halogens is 1. The van der Waals surface area contributed by atoms with E-state index in [1.807, 2.05) is 42.0 Å². The number of nitro groups is 1. The summed E-state index contributed by atoms with van der Waals surface area (Å²) in [4.78, 5) is 26.9. The zero-order chi connectivity index (χ0) is 18.7. The van der Waals surface area contributed by atoms with Crippen LogP contribution in [-0.2, 0) is 6.54 Å². The smallest absolute Gasteiger partial charge is 0.288 e. The molecule has 1 aromatic heterocycles. The maximum Gasteiger partial charge on any atom is 0.288 e. The Bertz CT molecular complexity index is 984. The molecule has 132 valence electrons. The van der Waals surface area contributed by atoms with Gasteiger partial charge in [0, 0.05) is 30.6 Å². The Morgan fingerprint density at radius 1 is 1.31 bits per heavy atom. The normalized spacial score (nSPS) is 10.5. The van der Waals surface area contributed by atoms with Crippen molar-refractivity contribution in [1.29, 1.82) is 0 Å². The Hall–Kier alpha value is -3.19. The first kappa shape index (κ1) is 17.6. The van der Waals surface area contributed by atoms with Gasteiger partial charge in [-0.1, -0.05) is 29.8 Å². The van der Waals surface area contributed by atoms with Crippen LogP contribution in [0.2, 0.25) is 5.02 Å². The number of aryl methyl sites for hydroxylation is 1. The number of amides is 1. The summed E-state index contributed by atoms with van der Waals surface area (Å²) in [6.07, 6.45) is 3.55. The molecule has 3 rings (SSSR count). The van der Waals surface area contributed by atoms with Crippen LogP contribution in [0, 0.1) is 17.0 Å². The number of para-hydroxylation sites is 1. The molecule has 0 aliphatic heterocycles. The van der Waals surface area contributed by atoms with Gasteiger partial charge in [-0.2, -0.15) is 0 Å². The third-order valence-electron chi connectivity index (χ3n) is 3.92. The van der Waals surface area contributed by atoms with Gasteiger partial charge in [0.05, 0.1) is 10.6 Å². The molecule has 1 heterocycles. The van der Waals surface area contributed by atoms with Gasteiger partial charge < -0.3 is 9.88 Å². The standard InChI is InChI=1S/C18H15ClN4O3/c1-12-20-8-9-22(12)16-5-3-2-4-14(16)11-21-18(24)13-6-7-15(19)17(10-13)23(25)26/h2-10H,11H2,1H3,(H,21,24). The van der Waals surface area contributed by atoms with E-state index in [-0.39, 0.29) is 22.8 Å². The lowest BCUT2D eigenvalue weighted by Gasteiger charge is -2.12. The van der Waals surface area contributed by atoms with Crippen molar-refractivity contribution in [2.75, 3.05) is 0 Å². The summed E-state index contributed by atoms with van der Waals surface area (Å²) in [5.74, 6) is 0.416. The number of benzene rings is 2. The molecule has 8 heteroatoms. The predicted molar refractivity (Wildman–Crippen MR) is 97.6 cm³/mol. The van der Waals surface area contributed by atoms with Crippen LogP contribution in [-0.4, -0.2) is 20.4 Å². The number of hydrogen-bond donors (Lipinski definition) is 1. The van der Waals surface area contributed by atoms with Crippen molar-refractivity contribution in [3.05, 3.63) is 86.9 Å². The highest BCUT2D eigenvalue weighted by Gasteiger charge is 2.16. The molecule has 3 aromatic rings. The van der Waals surface area contributed by atoms with Crippen molar-refractivity contribution >= 4 is 23.2 Å². The third kappa shape index (κ3) is 3.57. The average Bonchev–Trinajstić information content (AvgIpc) is 3.06. The van der Waals surface area contributed by atoms with Gasteiger partial charge in [-0.05, 0) is 30.7 Å². The van der Waals surface area contributed by atoms with Gasteiger partial charge in [0.15, 0.2) is 0 Å². The van der Waals surface area contributed by atoms with Crippen molar-refractivity contribution < 1.29 is 9.72 Å². The number of nitrogens with zero attached hydrogens (tertiary/aromatic N) is 3.